The van der Waals surface area contributed by atoms with Crippen molar-refractivity contribution in [3.05, 3.63) is 75.4 Å². The summed E-state index contributed by atoms with van der Waals surface area (Å²) in [6.45, 7) is -0.195. The maximum Gasteiger partial charge on any atom is 0.277 e. The minimum absolute atomic E-state index is 0.195. The number of carbonyl (C=O) groups excluding carboxylic acids is 1. The third-order valence-electron chi connectivity index (χ3n) is 3.39. The van der Waals surface area contributed by atoms with E-state index < -0.39 is 5.91 Å². The highest BCUT2D eigenvalue weighted by Crippen LogP contribution is 2.34. The summed E-state index contributed by atoms with van der Waals surface area (Å²) in [7, 11) is 0. The average molecular weight is 424 g/mol. The number of carbonyl (C=O) groups is 1. The highest BCUT2D eigenvalue weighted by Gasteiger charge is 2.10. The number of hydrazone groups is 1. The molecule has 1 N–H and O–H groups in total. The maximum absolute atomic E-state index is 11.8. The van der Waals surface area contributed by atoms with Gasteiger partial charge in [0, 0.05) is 10.6 Å². The van der Waals surface area contributed by atoms with Crippen LogP contribution in [0.3, 0.4) is 0 Å². The van der Waals surface area contributed by atoms with Crippen molar-refractivity contribution in [2.75, 3.05) is 6.61 Å². The predicted octanol–water partition coefficient (Wildman–Crippen LogP) is 5.44. The molecule has 0 fully saturated rings. The number of hydrogen-bond donors (Lipinski definition) is 1. The van der Waals surface area contributed by atoms with Crippen molar-refractivity contribution in [1.29, 1.82) is 0 Å². The van der Waals surface area contributed by atoms with E-state index in [2.05, 4.69) is 10.5 Å². The van der Waals surface area contributed by atoms with Crippen molar-refractivity contribution >= 4 is 46.9 Å². The molecule has 2 aromatic carbocycles. The maximum atomic E-state index is 11.8. The Bertz CT molecular complexity index is 986. The molecule has 0 aliphatic rings. The molecule has 3 rings (SSSR count). The monoisotopic (exact) mass is 422 g/mol. The van der Waals surface area contributed by atoms with Crippen LogP contribution >= 0.6 is 34.8 Å². The molecular weight excluding hydrogens is 411 g/mol. The Balaban J connectivity index is 1.55. The second-order valence-corrected chi connectivity index (χ2v) is 6.56. The van der Waals surface area contributed by atoms with E-state index in [1.165, 1.54) is 6.21 Å². The molecule has 1 aromatic heterocycles. The first-order valence-corrected chi connectivity index (χ1v) is 8.91. The molecule has 0 radical (unpaired) electrons. The number of hydrogen-bond acceptors (Lipinski definition) is 4. The molecule has 0 unspecified atom stereocenters. The minimum atomic E-state index is -0.420. The summed E-state index contributed by atoms with van der Waals surface area (Å²) in [5.41, 5.74) is 3.02. The molecule has 5 nitrogen and oxygen atoms in total. The van der Waals surface area contributed by atoms with Gasteiger partial charge in [0.1, 0.15) is 17.3 Å². The van der Waals surface area contributed by atoms with Crippen LogP contribution in [0.2, 0.25) is 15.1 Å². The van der Waals surface area contributed by atoms with Gasteiger partial charge in [-0.2, -0.15) is 5.10 Å². The van der Waals surface area contributed by atoms with Crippen LogP contribution in [0.4, 0.5) is 0 Å². The summed E-state index contributed by atoms with van der Waals surface area (Å²) in [5, 5.41) is 5.21. The van der Waals surface area contributed by atoms with Crippen LogP contribution in [0.5, 0.6) is 5.75 Å². The normalized spacial score (nSPS) is 10.9. The van der Waals surface area contributed by atoms with Gasteiger partial charge >= 0.3 is 0 Å². The fraction of sp³-hybridized carbons (Fsp3) is 0.0526. The van der Waals surface area contributed by atoms with Gasteiger partial charge in [0.15, 0.2) is 6.61 Å². The summed E-state index contributed by atoms with van der Waals surface area (Å²) in [6, 6.07) is 15.5. The molecule has 27 heavy (non-hydrogen) atoms. The van der Waals surface area contributed by atoms with Crippen molar-refractivity contribution in [3.63, 3.8) is 0 Å². The van der Waals surface area contributed by atoms with Gasteiger partial charge in [-0.3, -0.25) is 4.79 Å². The number of amides is 1. The first-order valence-electron chi connectivity index (χ1n) is 7.77. The van der Waals surface area contributed by atoms with Crippen LogP contribution in [0.25, 0.3) is 11.3 Å². The van der Waals surface area contributed by atoms with Gasteiger partial charge in [0.25, 0.3) is 5.91 Å². The smallest absolute Gasteiger partial charge is 0.277 e. The Morgan fingerprint density at radius 2 is 1.93 bits per heavy atom. The second kappa shape index (κ2) is 8.95. The van der Waals surface area contributed by atoms with E-state index in [1.54, 1.807) is 54.6 Å². The molecule has 0 aliphatic heterocycles. The van der Waals surface area contributed by atoms with Crippen molar-refractivity contribution in [3.8, 4) is 17.1 Å². The van der Waals surface area contributed by atoms with Gasteiger partial charge in [-0.1, -0.05) is 46.9 Å². The zero-order valence-corrected chi connectivity index (χ0v) is 16.1. The molecular formula is C19H13Cl3N2O3. The quantitative estimate of drug-likeness (QED) is 0.424. The fourth-order valence-corrected chi connectivity index (χ4v) is 2.74. The Hall–Kier alpha value is -2.47. The summed E-state index contributed by atoms with van der Waals surface area (Å²) >= 11 is 18.0. The van der Waals surface area contributed by atoms with Gasteiger partial charge in [-0.05, 0) is 42.5 Å². The van der Waals surface area contributed by atoms with E-state index >= 15 is 0 Å². The van der Waals surface area contributed by atoms with Crippen molar-refractivity contribution < 1.29 is 13.9 Å². The van der Waals surface area contributed by atoms with E-state index in [-0.39, 0.29) is 6.61 Å². The van der Waals surface area contributed by atoms with Gasteiger partial charge < -0.3 is 9.15 Å². The van der Waals surface area contributed by atoms with Crippen molar-refractivity contribution in [2.45, 2.75) is 0 Å². The number of furan rings is 1. The van der Waals surface area contributed by atoms with Gasteiger partial charge in [0.2, 0.25) is 0 Å². The average Bonchev–Trinajstić information content (AvgIpc) is 3.11. The van der Waals surface area contributed by atoms with Crippen molar-refractivity contribution in [1.82, 2.24) is 5.43 Å². The van der Waals surface area contributed by atoms with E-state index in [1.807, 2.05) is 0 Å². The third kappa shape index (κ3) is 5.26. The minimum Gasteiger partial charge on any atom is -0.484 e. The number of ether oxygens (including phenoxy) is 1. The highest BCUT2D eigenvalue weighted by molar-refractivity contribution is 6.43. The van der Waals surface area contributed by atoms with Gasteiger partial charge in [0.05, 0.1) is 16.3 Å². The molecule has 1 heterocycles. The molecule has 0 saturated heterocycles. The fourth-order valence-electron chi connectivity index (χ4n) is 2.17. The van der Waals surface area contributed by atoms with Crippen LogP contribution in [0, 0.1) is 0 Å². The SMILES string of the molecule is O=C(COc1cccc(Cl)c1)N/N=C/c1ccc(-c2cccc(Cl)c2Cl)o1. The Labute approximate surface area is 170 Å². The molecule has 1 amide bonds. The van der Waals surface area contributed by atoms with E-state index in [0.29, 0.717) is 37.9 Å². The molecule has 0 bridgehead atoms. The Morgan fingerprint density at radius 3 is 2.74 bits per heavy atom. The number of nitrogens with zero attached hydrogens (tertiary/aromatic N) is 1. The van der Waals surface area contributed by atoms with E-state index in [4.69, 9.17) is 44.0 Å². The lowest BCUT2D eigenvalue weighted by atomic mass is 10.2. The zero-order valence-electron chi connectivity index (χ0n) is 13.8. The Kier molecular flexibility index (Phi) is 6.40. The Morgan fingerprint density at radius 1 is 1.11 bits per heavy atom. The van der Waals surface area contributed by atoms with Crippen LogP contribution in [-0.4, -0.2) is 18.7 Å². The first-order chi connectivity index (χ1) is 13.0. The van der Waals surface area contributed by atoms with E-state index in [9.17, 15) is 4.79 Å². The number of benzene rings is 2. The first kappa shape index (κ1) is 19.3. The summed E-state index contributed by atoms with van der Waals surface area (Å²) in [4.78, 5) is 11.8. The lowest BCUT2D eigenvalue weighted by molar-refractivity contribution is -0.123. The zero-order chi connectivity index (χ0) is 19.2. The van der Waals surface area contributed by atoms with Crippen LogP contribution in [0.1, 0.15) is 5.76 Å². The third-order valence-corrected chi connectivity index (χ3v) is 4.44. The topological polar surface area (TPSA) is 63.8 Å². The molecule has 0 spiro atoms. The summed E-state index contributed by atoms with van der Waals surface area (Å²) in [6.07, 6.45) is 1.37. The predicted molar refractivity (Wildman–Crippen MR) is 107 cm³/mol. The highest BCUT2D eigenvalue weighted by atomic mass is 35.5. The van der Waals surface area contributed by atoms with Gasteiger partial charge in [-0.25, -0.2) is 5.43 Å². The van der Waals surface area contributed by atoms with Crippen LogP contribution in [0.15, 0.2) is 64.1 Å². The largest absolute Gasteiger partial charge is 0.484 e. The van der Waals surface area contributed by atoms with E-state index in [0.717, 1.165) is 0 Å². The lowest BCUT2D eigenvalue weighted by Gasteiger charge is -2.04. The molecule has 3 aromatic rings. The summed E-state index contributed by atoms with van der Waals surface area (Å²) < 4.78 is 11.0. The van der Waals surface area contributed by atoms with Crippen LogP contribution in [-0.2, 0) is 4.79 Å². The molecule has 138 valence electrons. The summed E-state index contributed by atoms with van der Waals surface area (Å²) in [5.74, 6) is 1.06. The molecule has 0 saturated carbocycles. The number of halogens is 3. The van der Waals surface area contributed by atoms with Crippen LogP contribution < -0.4 is 10.2 Å². The number of nitrogens with one attached hydrogen (secondary N) is 1. The van der Waals surface area contributed by atoms with Gasteiger partial charge in [-0.15, -0.1) is 0 Å². The van der Waals surface area contributed by atoms with Crippen molar-refractivity contribution in [2.24, 2.45) is 5.10 Å². The lowest BCUT2D eigenvalue weighted by Crippen LogP contribution is -2.24. The molecule has 0 atom stereocenters. The molecule has 0 aliphatic carbocycles. The second-order valence-electron chi connectivity index (χ2n) is 5.34. The number of rotatable bonds is 6. The standard InChI is InChI=1S/C19H13Cl3N2O3/c20-12-3-1-4-13(9-12)26-11-18(25)24-23-10-14-7-8-17(27-14)15-5-2-6-16(21)19(15)22/h1-10H,11H2,(H,24,25)/b23-10+. The molecule has 8 heteroatoms.